The van der Waals surface area contributed by atoms with E-state index in [4.69, 9.17) is 19.3 Å². The number of hydrogen-bond acceptors (Lipinski definition) is 5. The summed E-state index contributed by atoms with van der Waals surface area (Å²) in [4.78, 5) is 22.9. The number of carboxylic acid groups (broad SMARTS) is 1. The maximum atomic E-state index is 11.8. The van der Waals surface area contributed by atoms with Gasteiger partial charge in [-0.25, -0.2) is 4.79 Å². The second-order valence-electron chi connectivity index (χ2n) is 5.70. The molecule has 0 aliphatic carbocycles. The molecule has 2 rings (SSSR count). The summed E-state index contributed by atoms with van der Waals surface area (Å²) in [5.41, 5.74) is 0. The third kappa shape index (κ3) is 5.05. The Morgan fingerprint density at radius 1 is 1.30 bits per heavy atom. The molecule has 126 valence electrons. The molecule has 1 amide bonds. The third-order valence-electron chi connectivity index (χ3n) is 3.28. The van der Waals surface area contributed by atoms with E-state index in [-0.39, 0.29) is 31.6 Å². The number of aliphatic carboxylic acids is 1. The average molecular weight is 323 g/mol. The molecule has 1 aromatic carbocycles. The zero-order chi connectivity index (χ0) is 16.8. The van der Waals surface area contributed by atoms with Crippen LogP contribution in [-0.4, -0.2) is 36.4 Å². The Morgan fingerprint density at radius 2 is 2.04 bits per heavy atom. The molecule has 7 nitrogen and oxygen atoms in total. The minimum absolute atomic E-state index is 0.0797. The minimum Gasteiger partial charge on any atom is -0.493 e. The molecule has 2 N–H and O–H groups in total. The first-order chi connectivity index (χ1) is 11.0. The Morgan fingerprint density at radius 3 is 2.74 bits per heavy atom. The van der Waals surface area contributed by atoms with Gasteiger partial charge < -0.3 is 24.6 Å². The van der Waals surface area contributed by atoms with Gasteiger partial charge >= 0.3 is 5.97 Å². The molecule has 1 atom stereocenters. The van der Waals surface area contributed by atoms with Crippen LogP contribution in [0.25, 0.3) is 0 Å². The van der Waals surface area contributed by atoms with Crippen LogP contribution in [0.3, 0.4) is 0 Å². The molecule has 1 unspecified atom stereocenters. The highest BCUT2D eigenvalue weighted by Crippen LogP contribution is 2.35. The molecule has 1 aromatic rings. The smallest absolute Gasteiger partial charge is 0.326 e. The van der Waals surface area contributed by atoms with Crippen molar-refractivity contribution in [2.75, 3.05) is 13.4 Å². The van der Waals surface area contributed by atoms with E-state index in [9.17, 15) is 9.59 Å². The molecule has 0 saturated heterocycles. The average Bonchev–Trinajstić information content (AvgIpc) is 2.93. The molecule has 23 heavy (non-hydrogen) atoms. The maximum Gasteiger partial charge on any atom is 0.326 e. The maximum absolute atomic E-state index is 11.8. The van der Waals surface area contributed by atoms with E-state index in [0.717, 1.165) is 0 Å². The molecule has 0 saturated carbocycles. The summed E-state index contributed by atoms with van der Waals surface area (Å²) in [6, 6.07) is 4.29. The van der Waals surface area contributed by atoms with E-state index in [1.165, 1.54) is 0 Å². The number of benzene rings is 1. The van der Waals surface area contributed by atoms with Crippen LogP contribution < -0.4 is 19.5 Å². The van der Waals surface area contributed by atoms with E-state index in [2.05, 4.69) is 5.32 Å². The lowest BCUT2D eigenvalue weighted by Crippen LogP contribution is -2.42. The molecular formula is C16H21NO6. The van der Waals surface area contributed by atoms with Gasteiger partial charge in [0.1, 0.15) is 11.8 Å². The number of carbonyl (C=O) groups is 2. The quantitative estimate of drug-likeness (QED) is 0.757. The Hall–Kier alpha value is -2.44. The second kappa shape index (κ2) is 7.71. The van der Waals surface area contributed by atoms with Gasteiger partial charge in [-0.1, -0.05) is 13.8 Å². The summed E-state index contributed by atoms with van der Waals surface area (Å²) in [5, 5.41) is 11.6. The van der Waals surface area contributed by atoms with Gasteiger partial charge in [0.15, 0.2) is 11.5 Å². The van der Waals surface area contributed by atoms with Crippen molar-refractivity contribution in [1.29, 1.82) is 0 Å². The van der Waals surface area contributed by atoms with E-state index >= 15 is 0 Å². The van der Waals surface area contributed by atoms with Crippen molar-refractivity contribution in [3.63, 3.8) is 0 Å². The SMILES string of the molecule is CC(C)CC(NC(=O)CCOc1ccc2c(c1)OCO2)C(=O)O. The van der Waals surface area contributed by atoms with Gasteiger partial charge in [0.05, 0.1) is 13.0 Å². The fraction of sp³-hybridized carbons (Fsp3) is 0.500. The fourth-order valence-electron chi connectivity index (χ4n) is 2.19. The number of fused-ring (bicyclic) bond motifs is 1. The zero-order valence-electron chi connectivity index (χ0n) is 13.2. The van der Waals surface area contributed by atoms with Crippen LogP contribution in [-0.2, 0) is 9.59 Å². The van der Waals surface area contributed by atoms with Crippen LogP contribution in [0.1, 0.15) is 26.7 Å². The molecule has 0 bridgehead atoms. The lowest BCUT2D eigenvalue weighted by Gasteiger charge is -2.16. The number of hydrogen-bond donors (Lipinski definition) is 2. The summed E-state index contributed by atoms with van der Waals surface area (Å²) < 4.78 is 15.9. The number of nitrogens with one attached hydrogen (secondary N) is 1. The van der Waals surface area contributed by atoms with Crippen molar-refractivity contribution in [3.05, 3.63) is 18.2 Å². The van der Waals surface area contributed by atoms with Crippen LogP contribution in [0, 0.1) is 5.92 Å². The van der Waals surface area contributed by atoms with E-state index in [0.29, 0.717) is 23.7 Å². The zero-order valence-corrected chi connectivity index (χ0v) is 13.2. The molecular weight excluding hydrogens is 302 g/mol. The van der Waals surface area contributed by atoms with Gasteiger partial charge in [-0.2, -0.15) is 0 Å². The predicted molar refractivity (Wildman–Crippen MR) is 81.7 cm³/mol. The summed E-state index contributed by atoms with van der Waals surface area (Å²) >= 11 is 0. The van der Waals surface area contributed by atoms with Gasteiger partial charge in [0, 0.05) is 6.07 Å². The van der Waals surface area contributed by atoms with Crippen LogP contribution in [0.5, 0.6) is 17.2 Å². The van der Waals surface area contributed by atoms with Crippen molar-refractivity contribution in [2.24, 2.45) is 5.92 Å². The van der Waals surface area contributed by atoms with Gasteiger partial charge in [-0.05, 0) is 24.5 Å². The Balaban J connectivity index is 1.77. The summed E-state index contributed by atoms with van der Waals surface area (Å²) in [6.45, 7) is 4.16. The topological polar surface area (TPSA) is 94.1 Å². The predicted octanol–water partition coefficient (Wildman–Crippen LogP) is 1.80. The highest BCUT2D eigenvalue weighted by molar-refractivity contribution is 5.83. The van der Waals surface area contributed by atoms with Gasteiger partial charge in [0.2, 0.25) is 12.7 Å². The van der Waals surface area contributed by atoms with Crippen molar-refractivity contribution < 1.29 is 28.9 Å². The van der Waals surface area contributed by atoms with Crippen molar-refractivity contribution in [2.45, 2.75) is 32.7 Å². The highest BCUT2D eigenvalue weighted by Gasteiger charge is 2.21. The molecule has 1 heterocycles. The van der Waals surface area contributed by atoms with Crippen molar-refractivity contribution >= 4 is 11.9 Å². The van der Waals surface area contributed by atoms with Crippen LogP contribution in [0.15, 0.2) is 18.2 Å². The number of carboxylic acids is 1. The Bertz CT molecular complexity index is 572. The normalized spacial score (nSPS) is 13.7. The van der Waals surface area contributed by atoms with Crippen molar-refractivity contribution in [1.82, 2.24) is 5.32 Å². The Kier molecular flexibility index (Phi) is 5.67. The lowest BCUT2D eigenvalue weighted by atomic mass is 10.0. The van der Waals surface area contributed by atoms with Gasteiger partial charge in [-0.3, -0.25) is 4.79 Å². The number of carbonyl (C=O) groups excluding carboxylic acids is 1. The molecule has 0 radical (unpaired) electrons. The molecule has 0 spiro atoms. The summed E-state index contributed by atoms with van der Waals surface area (Å²) in [7, 11) is 0. The molecule has 1 aliphatic heterocycles. The summed E-state index contributed by atoms with van der Waals surface area (Å²) in [6.07, 6.45) is 0.473. The van der Waals surface area contributed by atoms with Crippen LogP contribution in [0.4, 0.5) is 0 Å². The first-order valence-electron chi connectivity index (χ1n) is 7.50. The van der Waals surface area contributed by atoms with Gasteiger partial charge in [0.25, 0.3) is 0 Å². The minimum atomic E-state index is -1.02. The third-order valence-corrected chi connectivity index (χ3v) is 3.28. The van der Waals surface area contributed by atoms with E-state index in [1.54, 1.807) is 18.2 Å². The van der Waals surface area contributed by atoms with E-state index < -0.39 is 12.0 Å². The molecule has 0 fully saturated rings. The summed E-state index contributed by atoms with van der Waals surface area (Å²) in [5.74, 6) is 0.644. The van der Waals surface area contributed by atoms with Crippen LogP contribution >= 0.6 is 0 Å². The van der Waals surface area contributed by atoms with Crippen molar-refractivity contribution in [3.8, 4) is 17.2 Å². The molecule has 7 heteroatoms. The largest absolute Gasteiger partial charge is 0.493 e. The first-order valence-corrected chi connectivity index (χ1v) is 7.50. The Labute approximate surface area is 134 Å². The monoisotopic (exact) mass is 323 g/mol. The number of rotatable bonds is 8. The van der Waals surface area contributed by atoms with E-state index in [1.807, 2.05) is 13.8 Å². The highest BCUT2D eigenvalue weighted by atomic mass is 16.7. The molecule has 1 aliphatic rings. The standard InChI is InChI=1S/C16H21NO6/c1-10(2)7-12(16(19)20)17-15(18)5-6-21-11-3-4-13-14(8-11)23-9-22-13/h3-4,8,10,12H,5-7,9H2,1-2H3,(H,17,18)(H,19,20). The first kappa shape index (κ1) is 16.9. The van der Waals surface area contributed by atoms with Crippen LogP contribution in [0.2, 0.25) is 0 Å². The number of ether oxygens (including phenoxy) is 3. The fourth-order valence-corrected chi connectivity index (χ4v) is 2.19. The molecule has 0 aromatic heterocycles. The van der Waals surface area contributed by atoms with Gasteiger partial charge in [-0.15, -0.1) is 0 Å². The second-order valence-corrected chi connectivity index (χ2v) is 5.70. The lowest BCUT2D eigenvalue weighted by molar-refractivity contribution is -0.142. The number of amides is 1.